The Balaban J connectivity index is 2.49. The van der Waals surface area contributed by atoms with Crippen molar-refractivity contribution in [1.29, 1.82) is 0 Å². The van der Waals surface area contributed by atoms with Gasteiger partial charge in [-0.1, -0.05) is 35.4 Å². The van der Waals surface area contributed by atoms with Gasteiger partial charge in [0.05, 0.1) is 0 Å². The molecule has 20 heavy (non-hydrogen) atoms. The summed E-state index contributed by atoms with van der Waals surface area (Å²) in [6.07, 6.45) is 0. The minimum atomic E-state index is -0.378. The third kappa shape index (κ3) is 1.64. The molecular formula is C18H16O2. The fraction of sp³-hybridized carbons (Fsp3) is 0.222. The molecule has 0 aromatic heterocycles. The van der Waals surface area contributed by atoms with E-state index in [2.05, 4.69) is 0 Å². The van der Waals surface area contributed by atoms with Gasteiger partial charge in [-0.15, -0.1) is 0 Å². The number of carbonyl (C=O) groups is 2. The average Bonchev–Trinajstić information content (AvgIpc) is 2.34. The fourth-order valence-electron chi connectivity index (χ4n) is 3.19. The molecule has 3 rings (SSSR count). The Hall–Kier alpha value is -2.22. The van der Waals surface area contributed by atoms with Crippen molar-refractivity contribution in [3.63, 3.8) is 0 Å². The molecule has 0 aliphatic heterocycles. The van der Waals surface area contributed by atoms with Gasteiger partial charge in [-0.25, -0.2) is 0 Å². The van der Waals surface area contributed by atoms with Gasteiger partial charge in [0.15, 0.2) is 0 Å². The van der Waals surface area contributed by atoms with E-state index in [4.69, 9.17) is 0 Å². The standard InChI is InChI=1S/C18H16O2/c1-9-5-11(3)15-13(7-9)14-8-10(2)6-12(4)16(14)18(20)17(15)19/h5-8H,1-4H3. The van der Waals surface area contributed by atoms with Crippen LogP contribution >= 0.6 is 0 Å². The van der Waals surface area contributed by atoms with Crippen molar-refractivity contribution >= 4 is 11.6 Å². The Kier molecular flexibility index (Phi) is 2.65. The van der Waals surface area contributed by atoms with Crippen LogP contribution in [0.15, 0.2) is 24.3 Å². The zero-order valence-electron chi connectivity index (χ0n) is 12.1. The molecule has 2 heteroatoms. The molecule has 0 spiro atoms. The van der Waals surface area contributed by atoms with Gasteiger partial charge in [0.2, 0.25) is 11.6 Å². The summed E-state index contributed by atoms with van der Waals surface area (Å²) < 4.78 is 0. The first-order valence-electron chi connectivity index (χ1n) is 6.72. The lowest BCUT2D eigenvalue weighted by atomic mass is 9.79. The van der Waals surface area contributed by atoms with Crippen LogP contribution in [0.25, 0.3) is 11.1 Å². The van der Waals surface area contributed by atoms with Gasteiger partial charge in [-0.05, 0) is 49.9 Å². The molecule has 0 fully saturated rings. The number of hydrogen-bond acceptors (Lipinski definition) is 2. The molecule has 1 aliphatic carbocycles. The molecule has 0 atom stereocenters. The highest BCUT2D eigenvalue weighted by Gasteiger charge is 2.32. The highest BCUT2D eigenvalue weighted by atomic mass is 16.2. The molecule has 0 saturated heterocycles. The van der Waals surface area contributed by atoms with Crippen LogP contribution in [-0.4, -0.2) is 11.6 Å². The maximum Gasteiger partial charge on any atom is 0.234 e. The Bertz CT molecular complexity index is 715. The van der Waals surface area contributed by atoms with Crippen LogP contribution in [0.5, 0.6) is 0 Å². The minimum Gasteiger partial charge on any atom is -0.285 e. The smallest absolute Gasteiger partial charge is 0.234 e. The maximum absolute atomic E-state index is 12.4. The topological polar surface area (TPSA) is 34.1 Å². The lowest BCUT2D eigenvalue weighted by Gasteiger charge is -2.22. The quantitative estimate of drug-likeness (QED) is 0.675. The monoisotopic (exact) mass is 264 g/mol. The molecule has 2 nitrogen and oxygen atoms in total. The van der Waals surface area contributed by atoms with Gasteiger partial charge in [0.25, 0.3) is 0 Å². The van der Waals surface area contributed by atoms with Crippen LogP contribution < -0.4 is 0 Å². The second kappa shape index (κ2) is 4.14. The molecule has 2 aromatic carbocycles. The number of fused-ring (bicyclic) bond motifs is 3. The Labute approximate surface area is 118 Å². The molecule has 0 saturated carbocycles. The van der Waals surface area contributed by atoms with Gasteiger partial charge in [-0.3, -0.25) is 9.59 Å². The van der Waals surface area contributed by atoms with Crippen molar-refractivity contribution < 1.29 is 9.59 Å². The lowest BCUT2D eigenvalue weighted by Crippen LogP contribution is -2.23. The summed E-state index contributed by atoms with van der Waals surface area (Å²) >= 11 is 0. The largest absolute Gasteiger partial charge is 0.285 e. The first-order valence-corrected chi connectivity index (χ1v) is 6.72. The summed E-state index contributed by atoms with van der Waals surface area (Å²) in [5.74, 6) is -0.756. The molecule has 0 amide bonds. The normalized spacial score (nSPS) is 13.2. The van der Waals surface area contributed by atoms with Crippen LogP contribution in [0.4, 0.5) is 0 Å². The molecule has 0 bridgehead atoms. The molecule has 2 aromatic rings. The number of carbonyl (C=O) groups excluding carboxylic acids is 2. The summed E-state index contributed by atoms with van der Waals surface area (Å²) in [5.41, 5.74) is 6.90. The zero-order chi connectivity index (χ0) is 14.6. The molecular weight excluding hydrogens is 248 g/mol. The van der Waals surface area contributed by atoms with E-state index in [1.807, 2.05) is 52.0 Å². The number of rotatable bonds is 0. The van der Waals surface area contributed by atoms with Crippen molar-refractivity contribution in [2.24, 2.45) is 0 Å². The van der Waals surface area contributed by atoms with E-state index < -0.39 is 0 Å². The zero-order valence-corrected chi connectivity index (χ0v) is 12.1. The maximum atomic E-state index is 12.4. The van der Waals surface area contributed by atoms with Gasteiger partial charge in [0.1, 0.15) is 0 Å². The van der Waals surface area contributed by atoms with E-state index in [0.717, 1.165) is 33.4 Å². The summed E-state index contributed by atoms with van der Waals surface area (Å²) in [4.78, 5) is 24.8. The second-order valence-corrected chi connectivity index (χ2v) is 5.67. The van der Waals surface area contributed by atoms with Crippen LogP contribution in [0.1, 0.15) is 43.0 Å². The van der Waals surface area contributed by atoms with Crippen molar-refractivity contribution in [3.05, 3.63) is 57.6 Å². The number of benzene rings is 2. The number of aryl methyl sites for hydroxylation is 4. The van der Waals surface area contributed by atoms with Crippen molar-refractivity contribution in [2.45, 2.75) is 27.7 Å². The predicted molar refractivity (Wildman–Crippen MR) is 79.5 cm³/mol. The Morgan fingerprint density at radius 2 is 0.950 bits per heavy atom. The van der Waals surface area contributed by atoms with Gasteiger partial charge < -0.3 is 0 Å². The van der Waals surface area contributed by atoms with Gasteiger partial charge in [-0.2, -0.15) is 0 Å². The molecule has 0 unspecified atom stereocenters. The number of ketones is 2. The number of hydrogen-bond donors (Lipinski definition) is 0. The SMILES string of the molecule is Cc1cc(C)c2c(c1)-c1cc(C)cc(C)c1C(=O)C2=O. The third-order valence-corrected chi connectivity index (χ3v) is 3.91. The average molecular weight is 264 g/mol. The van der Waals surface area contributed by atoms with E-state index in [0.29, 0.717) is 11.1 Å². The van der Waals surface area contributed by atoms with E-state index in [9.17, 15) is 9.59 Å². The first-order chi connectivity index (χ1) is 9.40. The molecule has 0 heterocycles. The van der Waals surface area contributed by atoms with E-state index in [-0.39, 0.29) is 11.6 Å². The van der Waals surface area contributed by atoms with E-state index in [1.54, 1.807) is 0 Å². The molecule has 0 radical (unpaired) electrons. The summed E-state index contributed by atoms with van der Waals surface area (Å²) in [6, 6.07) is 7.92. The molecule has 1 aliphatic rings. The Morgan fingerprint density at radius 1 is 0.600 bits per heavy atom. The van der Waals surface area contributed by atoms with Crippen LogP contribution in [0.3, 0.4) is 0 Å². The van der Waals surface area contributed by atoms with Crippen LogP contribution in [0, 0.1) is 27.7 Å². The predicted octanol–water partition coefficient (Wildman–Crippen LogP) is 3.97. The highest BCUT2D eigenvalue weighted by molar-refractivity contribution is 6.53. The third-order valence-electron chi connectivity index (χ3n) is 3.91. The van der Waals surface area contributed by atoms with Crippen molar-refractivity contribution in [3.8, 4) is 11.1 Å². The first kappa shape index (κ1) is 12.8. The van der Waals surface area contributed by atoms with Crippen LogP contribution in [0.2, 0.25) is 0 Å². The Morgan fingerprint density at radius 3 is 1.30 bits per heavy atom. The van der Waals surface area contributed by atoms with Crippen molar-refractivity contribution in [2.75, 3.05) is 0 Å². The summed E-state index contributed by atoms with van der Waals surface area (Å²) in [7, 11) is 0. The lowest BCUT2D eigenvalue weighted by molar-refractivity contribution is 0.0814. The molecule has 0 N–H and O–H groups in total. The molecule has 100 valence electrons. The van der Waals surface area contributed by atoms with Crippen molar-refractivity contribution in [1.82, 2.24) is 0 Å². The minimum absolute atomic E-state index is 0.378. The summed E-state index contributed by atoms with van der Waals surface area (Å²) in [5, 5.41) is 0. The van der Waals surface area contributed by atoms with Crippen LogP contribution in [-0.2, 0) is 0 Å². The second-order valence-electron chi connectivity index (χ2n) is 5.67. The highest BCUT2D eigenvalue weighted by Crippen LogP contribution is 2.37. The fourth-order valence-corrected chi connectivity index (χ4v) is 3.19. The van der Waals surface area contributed by atoms with E-state index in [1.165, 1.54) is 0 Å². The number of Topliss-reactive ketones (excluding diaryl/α,β-unsaturated/α-hetero) is 2. The van der Waals surface area contributed by atoms with Gasteiger partial charge >= 0.3 is 0 Å². The summed E-state index contributed by atoms with van der Waals surface area (Å²) in [6.45, 7) is 7.81. The van der Waals surface area contributed by atoms with Gasteiger partial charge in [0, 0.05) is 11.1 Å². The van der Waals surface area contributed by atoms with E-state index >= 15 is 0 Å².